The van der Waals surface area contributed by atoms with Gasteiger partial charge >= 0.3 is 0 Å². The highest BCUT2D eigenvalue weighted by Crippen LogP contribution is 2.09. The molecule has 0 aliphatic heterocycles. The van der Waals surface area contributed by atoms with Crippen LogP contribution >= 0.6 is 0 Å². The first-order chi connectivity index (χ1) is 7.88. The molecule has 0 amide bonds. The largest absolute Gasteiger partial charge is 0.497 e. The zero-order valence-corrected chi connectivity index (χ0v) is 8.58. The molecule has 0 aliphatic rings. The van der Waals surface area contributed by atoms with Gasteiger partial charge in [0.05, 0.1) is 13.3 Å². The summed E-state index contributed by atoms with van der Waals surface area (Å²) in [6.45, 7) is 0. The predicted molar refractivity (Wildman–Crippen MR) is 58.4 cm³/mol. The van der Waals surface area contributed by atoms with E-state index in [4.69, 9.17) is 4.74 Å². The van der Waals surface area contributed by atoms with Crippen LogP contribution in [0.25, 0.3) is 0 Å². The Morgan fingerprint density at radius 1 is 1.38 bits per heavy atom. The highest BCUT2D eigenvalue weighted by atomic mass is 16.5. The van der Waals surface area contributed by atoms with Crippen LogP contribution in [0.2, 0.25) is 0 Å². The van der Waals surface area contributed by atoms with E-state index in [1.54, 1.807) is 13.3 Å². The van der Waals surface area contributed by atoms with Gasteiger partial charge in [-0.25, -0.2) is 5.43 Å². The quantitative estimate of drug-likeness (QED) is 0.581. The summed E-state index contributed by atoms with van der Waals surface area (Å²) in [7, 11) is 1.63. The first-order valence-electron chi connectivity index (χ1n) is 4.55. The van der Waals surface area contributed by atoms with E-state index in [9.17, 15) is 0 Å². The molecule has 2 rings (SSSR count). The van der Waals surface area contributed by atoms with Crippen LogP contribution in [-0.4, -0.2) is 33.9 Å². The van der Waals surface area contributed by atoms with Gasteiger partial charge in [0, 0.05) is 0 Å². The third-order valence-corrected chi connectivity index (χ3v) is 1.84. The Balaban J connectivity index is 1.95. The van der Waals surface area contributed by atoms with Crippen molar-refractivity contribution in [3.8, 4) is 5.75 Å². The number of methoxy groups -OCH3 is 1. The lowest BCUT2D eigenvalue weighted by atomic mass is 10.2. The van der Waals surface area contributed by atoms with Crippen LogP contribution in [0.15, 0.2) is 29.4 Å². The average molecular weight is 218 g/mol. The molecular formula is C9H10N6O. The third kappa shape index (κ3) is 2.53. The van der Waals surface area contributed by atoms with E-state index in [0.717, 1.165) is 11.3 Å². The smallest absolute Gasteiger partial charge is 0.283 e. The summed E-state index contributed by atoms with van der Waals surface area (Å²) in [5.74, 6) is 1.13. The summed E-state index contributed by atoms with van der Waals surface area (Å²) < 4.78 is 5.04. The van der Waals surface area contributed by atoms with Crippen LogP contribution in [0.1, 0.15) is 5.56 Å². The van der Waals surface area contributed by atoms with E-state index in [0.29, 0.717) is 5.95 Å². The number of hydrogen-bond acceptors (Lipinski definition) is 6. The van der Waals surface area contributed by atoms with Gasteiger partial charge in [0.15, 0.2) is 0 Å². The number of hydrazone groups is 1. The second-order valence-electron chi connectivity index (χ2n) is 2.88. The third-order valence-electron chi connectivity index (χ3n) is 1.84. The van der Waals surface area contributed by atoms with E-state index < -0.39 is 0 Å². The summed E-state index contributed by atoms with van der Waals surface area (Å²) in [4.78, 5) is 0. The molecule has 0 aliphatic carbocycles. The van der Waals surface area contributed by atoms with Gasteiger partial charge in [-0.3, -0.25) is 0 Å². The minimum Gasteiger partial charge on any atom is -0.497 e. The minimum atomic E-state index is 0.324. The molecule has 1 aromatic carbocycles. The number of H-pyrrole nitrogens is 1. The molecule has 2 aromatic rings. The molecule has 2 N–H and O–H groups in total. The van der Waals surface area contributed by atoms with Crippen molar-refractivity contribution < 1.29 is 4.74 Å². The zero-order chi connectivity index (χ0) is 11.2. The number of nitrogens with zero attached hydrogens (tertiary/aromatic N) is 4. The summed E-state index contributed by atoms with van der Waals surface area (Å²) in [5.41, 5.74) is 3.57. The SMILES string of the molecule is COc1ccc(/C=N\Nc2nn[nH]n2)cc1. The van der Waals surface area contributed by atoms with Gasteiger partial charge in [-0.15, -0.1) is 5.10 Å². The zero-order valence-electron chi connectivity index (χ0n) is 8.58. The van der Waals surface area contributed by atoms with Crippen LogP contribution < -0.4 is 10.2 Å². The van der Waals surface area contributed by atoms with Crippen molar-refractivity contribution in [3.63, 3.8) is 0 Å². The van der Waals surface area contributed by atoms with Crippen molar-refractivity contribution >= 4 is 12.2 Å². The maximum atomic E-state index is 5.04. The fourth-order valence-electron chi connectivity index (χ4n) is 1.06. The molecule has 16 heavy (non-hydrogen) atoms. The lowest BCUT2D eigenvalue weighted by Crippen LogP contribution is -1.92. The normalized spacial score (nSPS) is 10.6. The van der Waals surface area contributed by atoms with Crippen LogP contribution in [0.5, 0.6) is 5.75 Å². The Kier molecular flexibility index (Phi) is 3.07. The summed E-state index contributed by atoms with van der Waals surface area (Å²) >= 11 is 0. The molecule has 0 spiro atoms. The second kappa shape index (κ2) is 4.87. The number of tetrazole rings is 1. The number of hydrogen-bond donors (Lipinski definition) is 2. The Hall–Kier alpha value is -2.44. The minimum absolute atomic E-state index is 0.324. The molecule has 82 valence electrons. The van der Waals surface area contributed by atoms with Crippen molar-refractivity contribution in [3.05, 3.63) is 29.8 Å². The molecule has 1 aromatic heterocycles. The van der Waals surface area contributed by atoms with Gasteiger partial charge in [0.2, 0.25) is 0 Å². The van der Waals surface area contributed by atoms with Crippen molar-refractivity contribution in [2.75, 3.05) is 12.5 Å². The molecule has 0 bridgehead atoms. The van der Waals surface area contributed by atoms with Gasteiger partial charge in [-0.1, -0.05) is 5.10 Å². The number of aromatic nitrogens is 4. The van der Waals surface area contributed by atoms with E-state index >= 15 is 0 Å². The van der Waals surface area contributed by atoms with Crippen LogP contribution in [-0.2, 0) is 0 Å². The average Bonchev–Trinajstić information content (AvgIpc) is 2.83. The number of ether oxygens (including phenoxy) is 1. The standard InChI is InChI=1S/C9H10N6O/c1-16-8-4-2-7(3-5-8)6-10-11-9-12-14-15-13-9/h2-6H,1H3,(H2,11,12,13,14,15)/b10-6-. The Bertz CT molecular complexity index is 449. The lowest BCUT2D eigenvalue weighted by molar-refractivity contribution is 0.415. The van der Waals surface area contributed by atoms with Gasteiger partial charge in [0.1, 0.15) is 5.75 Å². The van der Waals surface area contributed by atoms with Gasteiger partial charge in [0.25, 0.3) is 5.95 Å². The topological polar surface area (TPSA) is 88.1 Å². The molecule has 1 heterocycles. The Morgan fingerprint density at radius 3 is 2.81 bits per heavy atom. The maximum absolute atomic E-state index is 5.04. The van der Waals surface area contributed by atoms with Crippen LogP contribution in [0, 0.1) is 0 Å². The van der Waals surface area contributed by atoms with Crippen molar-refractivity contribution in [1.29, 1.82) is 0 Å². The fraction of sp³-hybridized carbons (Fsp3) is 0.111. The monoisotopic (exact) mass is 218 g/mol. The highest BCUT2D eigenvalue weighted by Gasteiger charge is 1.93. The van der Waals surface area contributed by atoms with Crippen LogP contribution in [0.3, 0.4) is 0 Å². The number of rotatable bonds is 4. The molecule has 0 saturated heterocycles. The Morgan fingerprint density at radius 2 is 2.19 bits per heavy atom. The van der Waals surface area contributed by atoms with E-state index in [-0.39, 0.29) is 0 Å². The molecule has 0 radical (unpaired) electrons. The number of nitrogens with one attached hydrogen (secondary N) is 2. The molecule has 7 nitrogen and oxygen atoms in total. The summed E-state index contributed by atoms with van der Waals surface area (Å²) in [5, 5.41) is 17.0. The second-order valence-corrected chi connectivity index (χ2v) is 2.88. The molecule has 0 atom stereocenters. The molecular weight excluding hydrogens is 208 g/mol. The summed E-state index contributed by atoms with van der Waals surface area (Å²) in [6, 6.07) is 7.49. The van der Waals surface area contributed by atoms with Crippen molar-refractivity contribution in [1.82, 2.24) is 20.6 Å². The van der Waals surface area contributed by atoms with E-state index in [1.165, 1.54) is 0 Å². The van der Waals surface area contributed by atoms with Gasteiger partial charge in [-0.05, 0) is 35.0 Å². The van der Waals surface area contributed by atoms with Crippen molar-refractivity contribution in [2.24, 2.45) is 5.10 Å². The lowest BCUT2D eigenvalue weighted by Gasteiger charge is -1.98. The molecule has 0 saturated carbocycles. The van der Waals surface area contributed by atoms with Crippen molar-refractivity contribution in [2.45, 2.75) is 0 Å². The number of anilines is 1. The van der Waals surface area contributed by atoms with E-state index in [1.807, 2.05) is 24.3 Å². The predicted octanol–water partition coefficient (Wildman–Crippen LogP) is 0.654. The number of benzene rings is 1. The summed E-state index contributed by atoms with van der Waals surface area (Å²) in [6.07, 6.45) is 1.65. The molecule has 7 heteroatoms. The first kappa shape index (κ1) is 10.1. The van der Waals surface area contributed by atoms with E-state index in [2.05, 4.69) is 31.2 Å². The van der Waals surface area contributed by atoms with Gasteiger partial charge < -0.3 is 4.74 Å². The molecule has 0 unspecified atom stereocenters. The van der Waals surface area contributed by atoms with Crippen LogP contribution in [0.4, 0.5) is 5.95 Å². The highest BCUT2D eigenvalue weighted by molar-refractivity contribution is 5.80. The first-order valence-corrected chi connectivity index (χ1v) is 4.55. The van der Waals surface area contributed by atoms with Gasteiger partial charge in [-0.2, -0.15) is 10.3 Å². The fourth-order valence-corrected chi connectivity index (χ4v) is 1.06. The number of aromatic amines is 1. The molecule has 0 fully saturated rings. The Labute approximate surface area is 91.5 Å². The maximum Gasteiger partial charge on any atom is 0.283 e.